The summed E-state index contributed by atoms with van der Waals surface area (Å²) in [5.74, 6) is 0. The van der Waals surface area contributed by atoms with Crippen molar-refractivity contribution in [1.29, 1.82) is 0 Å². The zero-order valence-corrected chi connectivity index (χ0v) is 6.80. The topological polar surface area (TPSA) is 47.9 Å². The zero-order chi connectivity index (χ0) is 8.10. The van der Waals surface area contributed by atoms with E-state index in [2.05, 4.69) is 16.8 Å². The Labute approximate surface area is 70.0 Å². The lowest BCUT2D eigenvalue weighted by Gasteiger charge is -2.20. The molecule has 0 bridgehead atoms. The van der Waals surface area contributed by atoms with Crippen LogP contribution in [-0.2, 0) is 21.9 Å². The highest BCUT2D eigenvalue weighted by molar-refractivity contribution is 7.47. The van der Waals surface area contributed by atoms with E-state index in [1.165, 1.54) is 0 Å². The van der Waals surface area contributed by atoms with E-state index in [1.54, 1.807) is 0 Å². The molecule has 5 heteroatoms. The highest BCUT2D eigenvalue weighted by Gasteiger charge is 2.17. The summed E-state index contributed by atoms with van der Waals surface area (Å²) in [6, 6.07) is 0. The van der Waals surface area contributed by atoms with Crippen LogP contribution in [0.25, 0.3) is 0 Å². The first-order valence-corrected chi connectivity index (χ1v) is 3.81. The van der Waals surface area contributed by atoms with Gasteiger partial charge in [-0.1, -0.05) is 0 Å². The average molecular weight is 175 g/mol. The van der Waals surface area contributed by atoms with E-state index >= 15 is 0 Å². The molecule has 1 saturated heterocycles. The monoisotopic (exact) mass is 175 g/mol. The Kier molecular flexibility index (Phi) is 3.38. The van der Waals surface area contributed by atoms with Crippen molar-refractivity contribution in [1.82, 2.24) is 0 Å². The molecule has 0 aromatic heterocycles. The van der Waals surface area contributed by atoms with Gasteiger partial charge in [-0.2, -0.15) is 0 Å². The van der Waals surface area contributed by atoms with E-state index in [0.717, 1.165) is 12.8 Å². The first-order valence-electron chi connectivity index (χ1n) is 3.44. The fourth-order valence-corrected chi connectivity index (χ4v) is 1.00. The Morgan fingerprint density at radius 2 is 2.18 bits per heavy atom. The van der Waals surface area contributed by atoms with Crippen LogP contribution in [0.15, 0.2) is 4.36 Å². The molecule has 0 atom stereocenters. The maximum atomic E-state index is 10.5. The van der Waals surface area contributed by atoms with Crippen LogP contribution in [0.1, 0.15) is 12.8 Å². The Hall–Kier alpha value is -0.550. The fourth-order valence-electron chi connectivity index (χ4n) is 0.958. The van der Waals surface area contributed by atoms with Crippen LogP contribution >= 0.6 is 0 Å². The number of hydrogen-bond donors (Lipinski definition) is 0. The molecule has 0 N–H and O–H groups in total. The Morgan fingerprint density at radius 1 is 1.55 bits per heavy atom. The van der Waals surface area contributed by atoms with Crippen molar-refractivity contribution in [2.24, 2.45) is 4.36 Å². The van der Waals surface area contributed by atoms with Gasteiger partial charge in [0.1, 0.15) is 6.10 Å². The predicted molar refractivity (Wildman–Crippen MR) is 40.1 cm³/mol. The second kappa shape index (κ2) is 4.35. The van der Waals surface area contributed by atoms with Crippen molar-refractivity contribution in [2.75, 3.05) is 13.2 Å². The lowest BCUT2D eigenvalue weighted by Crippen LogP contribution is -2.24. The third-order valence-electron chi connectivity index (χ3n) is 1.51. The number of amides is 1. The van der Waals surface area contributed by atoms with E-state index in [9.17, 15) is 4.79 Å². The molecule has 1 amide bonds. The van der Waals surface area contributed by atoms with Crippen LogP contribution in [0.4, 0.5) is 4.79 Å². The molecule has 0 spiro atoms. The minimum atomic E-state index is -0.660. The van der Waals surface area contributed by atoms with E-state index in [4.69, 9.17) is 9.47 Å². The highest BCUT2D eigenvalue weighted by atomic mass is 32.1. The molecule has 0 aliphatic carbocycles. The summed E-state index contributed by atoms with van der Waals surface area (Å²) in [7, 11) is 0. The van der Waals surface area contributed by atoms with Gasteiger partial charge >= 0.3 is 6.09 Å². The van der Waals surface area contributed by atoms with Crippen molar-refractivity contribution in [3.8, 4) is 0 Å². The number of carbonyl (C=O) groups is 1. The summed E-state index contributed by atoms with van der Waals surface area (Å²) in [6.45, 7) is 1.30. The molecule has 1 aliphatic rings. The standard InChI is InChI=1S/C6H9NO3S/c8-6(7-11)10-5-1-3-9-4-2-5/h5H,1-4H2. The SMILES string of the molecule is O=C(N=S)OC1CCOCC1. The molecule has 62 valence electrons. The maximum Gasteiger partial charge on any atom is 0.445 e. The van der Waals surface area contributed by atoms with E-state index in [1.807, 2.05) is 0 Å². The molecule has 1 rings (SSSR count). The van der Waals surface area contributed by atoms with Gasteiger partial charge in [0.05, 0.1) is 13.2 Å². The zero-order valence-electron chi connectivity index (χ0n) is 5.99. The van der Waals surface area contributed by atoms with Gasteiger partial charge in [0.25, 0.3) is 0 Å². The summed E-state index contributed by atoms with van der Waals surface area (Å²) in [4.78, 5) is 10.5. The van der Waals surface area contributed by atoms with Crippen LogP contribution in [-0.4, -0.2) is 25.4 Å². The number of hydrogen-bond acceptors (Lipinski definition) is 4. The van der Waals surface area contributed by atoms with Crippen molar-refractivity contribution in [3.63, 3.8) is 0 Å². The maximum absolute atomic E-state index is 10.5. The number of ether oxygens (including phenoxy) is 2. The van der Waals surface area contributed by atoms with Gasteiger partial charge in [0, 0.05) is 25.3 Å². The summed E-state index contributed by atoms with van der Waals surface area (Å²) < 4.78 is 12.9. The summed E-state index contributed by atoms with van der Waals surface area (Å²) in [5.41, 5.74) is 0. The third kappa shape index (κ3) is 2.90. The van der Waals surface area contributed by atoms with Gasteiger partial charge in [-0.25, -0.2) is 4.79 Å². The first kappa shape index (κ1) is 8.55. The second-order valence-electron chi connectivity index (χ2n) is 2.29. The minimum absolute atomic E-state index is 0.0528. The molecule has 0 saturated carbocycles. The molecular formula is C6H9NO3S. The highest BCUT2D eigenvalue weighted by Crippen LogP contribution is 2.10. The van der Waals surface area contributed by atoms with E-state index in [-0.39, 0.29) is 6.10 Å². The van der Waals surface area contributed by atoms with E-state index < -0.39 is 6.09 Å². The lowest BCUT2D eigenvalue weighted by atomic mass is 10.2. The van der Waals surface area contributed by atoms with Gasteiger partial charge in [0.2, 0.25) is 0 Å². The van der Waals surface area contributed by atoms with E-state index in [0.29, 0.717) is 13.2 Å². The number of rotatable bonds is 1. The van der Waals surface area contributed by atoms with Crippen molar-refractivity contribution in [2.45, 2.75) is 18.9 Å². The van der Waals surface area contributed by atoms with Gasteiger partial charge in [-0.05, 0) is 0 Å². The smallest absolute Gasteiger partial charge is 0.444 e. The van der Waals surface area contributed by atoms with Gasteiger partial charge in [0.15, 0.2) is 0 Å². The van der Waals surface area contributed by atoms with Crippen LogP contribution in [0.2, 0.25) is 0 Å². The van der Waals surface area contributed by atoms with Crippen LogP contribution in [0.5, 0.6) is 0 Å². The number of nitrogens with zero attached hydrogens (tertiary/aromatic N) is 1. The molecule has 0 unspecified atom stereocenters. The van der Waals surface area contributed by atoms with Gasteiger partial charge < -0.3 is 9.47 Å². The molecule has 1 heterocycles. The minimum Gasteiger partial charge on any atom is -0.444 e. The van der Waals surface area contributed by atoms with Crippen LogP contribution in [0.3, 0.4) is 0 Å². The molecule has 1 fully saturated rings. The third-order valence-corrected chi connectivity index (χ3v) is 1.66. The molecule has 1 aliphatic heterocycles. The first-order chi connectivity index (χ1) is 5.33. The summed E-state index contributed by atoms with van der Waals surface area (Å²) in [6.07, 6.45) is 0.780. The summed E-state index contributed by atoms with van der Waals surface area (Å²) in [5, 5.41) is 0. The van der Waals surface area contributed by atoms with Gasteiger partial charge in [-0.3, -0.25) is 0 Å². The molecule has 0 aromatic carbocycles. The Bertz CT molecular complexity index is 156. The molecule has 11 heavy (non-hydrogen) atoms. The van der Waals surface area contributed by atoms with Crippen molar-refractivity contribution < 1.29 is 14.3 Å². The average Bonchev–Trinajstić information content (AvgIpc) is 2.06. The normalized spacial score (nSPS) is 19.3. The van der Waals surface area contributed by atoms with Crippen molar-refractivity contribution >= 4 is 18.5 Å². The quantitative estimate of drug-likeness (QED) is 0.597. The Morgan fingerprint density at radius 3 is 2.73 bits per heavy atom. The molecular weight excluding hydrogens is 166 g/mol. The fraction of sp³-hybridized carbons (Fsp3) is 0.833. The van der Waals surface area contributed by atoms with Gasteiger partial charge in [-0.15, -0.1) is 4.36 Å². The molecule has 0 aromatic rings. The van der Waals surface area contributed by atoms with Crippen molar-refractivity contribution in [3.05, 3.63) is 0 Å². The largest absolute Gasteiger partial charge is 0.445 e. The molecule has 4 nitrogen and oxygen atoms in total. The Balaban J connectivity index is 2.24. The molecule has 0 radical (unpaired) electrons. The van der Waals surface area contributed by atoms with Crippen LogP contribution in [0, 0.1) is 0 Å². The van der Waals surface area contributed by atoms with Crippen LogP contribution < -0.4 is 0 Å². The number of carbonyl (C=O) groups excluding carboxylic acids is 1. The predicted octanol–water partition coefficient (Wildman–Crippen LogP) is 1.03. The second-order valence-corrected chi connectivity index (χ2v) is 2.47. The summed E-state index contributed by atoms with van der Waals surface area (Å²) >= 11 is 4.16. The lowest BCUT2D eigenvalue weighted by molar-refractivity contribution is 0.00485.